The third-order valence-electron chi connectivity index (χ3n) is 6.08. The Hall–Kier alpha value is -0.760. The van der Waals surface area contributed by atoms with Gasteiger partial charge in [0, 0.05) is 0 Å². The number of benzene rings is 2. The van der Waals surface area contributed by atoms with Crippen LogP contribution in [0.2, 0.25) is 0 Å². The van der Waals surface area contributed by atoms with E-state index >= 15 is 0 Å². The van der Waals surface area contributed by atoms with Crippen molar-refractivity contribution in [2.24, 2.45) is 0 Å². The molecule has 0 spiro atoms. The number of rotatable bonds is 2. The molecule has 1 saturated carbocycles. The molecule has 3 aliphatic rings. The molecule has 0 radical (unpaired) electrons. The number of halogens is 2. The van der Waals surface area contributed by atoms with Gasteiger partial charge in [-0.3, -0.25) is 0 Å². The van der Waals surface area contributed by atoms with Crippen LogP contribution in [0.5, 0.6) is 0 Å². The summed E-state index contributed by atoms with van der Waals surface area (Å²) < 4.78 is 4.58. The van der Waals surface area contributed by atoms with Crippen molar-refractivity contribution in [1.29, 1.82) is 0 Å². The maximum atomic E-state index is 2.49. The van der Waals surface area contributed by atoms with Gasteiger partial charge in [0.1, 0.15) is 0 Å². The summed E-state index contributed by atoms with van der Waals surface area (Å²) in [6, 6.07) is 18.5. The standard InChI is InChI=1S/C13H9.C6H10.C5H5.2ClH.Hf/c1-3-7-12-10(5-1)9-11-6-2-4-8-13(11)12;1-2-4-6-5-3-1;1-2-4-5-3-1;;;/h1-9H;1-5H2;1-3H,4H2;2*1H;/q;;;;;+2/p-2. The van der Waals surface area contributed by atoms with E-state index in [0.29, 0.717) is 0 Å². The third-order valence-corrected chi connectivity index (χ3v) is 18.7. The molecule has 0 saturated heterocycles. The Morgan fingerprint density at radius 2 is 1.33 bits per heavy atom. The van der Waals surface area contributed by atoms with E-state index in [4.69, 9.17) is 0 Å². The van der Waals surface area contributed by atoms with Gasteiger partial charge in [0.25, 0.3) is 0 Å². The van der Waals surface area contributed by atoms with E-state index in [0.717, 1.165) is 3.67 Å². The predicted molar refractivity (Wildman–Crippen MR) is 104 cm³/mol. The number of fused-ring (bicyclic) bond motifs is 3. The van der Waals surface area contributed by atoms with Gasteiger partial charge in [-0.1, -0.05) is 0 Å². The molecule has 0 unspecified atom stereocenters. The number of allylic oxidation sites excluding steroid dienone is 4. The Morgan fingerprint density at radius 3 is 1.89 bits per heavy atom. The summed E-state index contributed by atoms with van der Waals surface area (Å²) in [5, 5.41) is 0. The van der Waals surface area contributed by atoms with Crippen molar-refractivity contribution in [3.8, 4) is 11.1 Å². The second kappa shape index (κ2) is 9.16. The van der Waals surface area contributed by atoms with Crippen LogP contribution in [0, 0.1) is 0 Å². The van der Waals surface area contributed by atoms with E-state index in [2.05, 4.69) is 66.8 Å². The van der Waals surface area contributed by atoms with E-state index in [1.54, 1.807) is 11.1 Å². The van der Waals surface area contributed by atoms with Crippen molar-refractivity contribution in [3.05, 3.63) is 81.2 Å². The van der Waals surface area contributed by atoms with Gasteiger partial charge >= 0.3 is 159 Å². The van der Waals surface area contributed by atoms with Crippen molar-refractivity contribution in [2.45, 2.75) is 42.2 Å². The van der Waals surface area contributed by atoms with Crippen LogP contribution in [0.4, 0.5) is 0 Å². The van der Waals surface area contributed by atoms with Gasteiger partial charge in [-0.05, 0) is 0 Å². The first-order valence-corrected chi connectivity index (χ1v) is 15.4. The summed E-state index contributed by atoms with van der Waals surface area (Å²) >= 11 is -2.12. The van der Waals surface area contributed by atoms with Gasteiger partial charge in [-0.2, -0.15) is 0 Å². The van der Waals surface area contributed by atoms with Crippen LogP contribution in [0.3, 0.4) is 0 Å². The van der Waals surface area contributed by atoms with Crippen LogP contribution in [0.15, 0.2) is 70.1 Å². The van der Waals surface area contributed by atoms with Crippen LogP contribution < -0.4 is 24.8 Å². The van der Waals surface area contributed by atoms with Crippen LogP contribution in [-0.2, 0) is 21.0 Å². The van der Waals surface area contributed by atoms with Gasteiger partial charge in [-0.25, -0.2) is 0 Å². The fourth-order valence-electron chi connectivity index (χ4n) is 4.98. The Morgan fingerprint density at radius 1 is 0.741 bits per heavy atom. The van der Waals surface area contributed by atoms with Gasteiger partial charge in [0.2, 0.25) is 0 Å². The average molecular weight is 562 g/mol. The summed E-state index contributed by atoms with van der Waals surface area (Å²) in [7, 11) is 0. The van der Waals surface area contributed by atoms with Crippen LogP contribution in [-0.4, -0.2) is 3.26 Å². The zero-order valence-electron chi connectivity index (χ0n) is 15.4. The van der Waals surface area contributed by atoms with Crippen molar-refractivity contribution >= 4 is 3.26 Å². The van der Waals surface area contributed by atoms with E-state index in [1.165, 1.54) is 49.7 Å². The summed E-state index contributed by atoms with van der Waals surface area (Å²) in [6.45, 7) is 0. The second-order valence-electron chi connectivity index (χ2n) is 7.51. The third kappa shape index (κ3) is 3.76. The molecular formula is C24H24Cl2Hf. The summed E-state index contributed by atoms with van der Waals surface area (Å²) in [5.74, 6) is 0. The minimum atomic E-state index is -2.12. The largest absolute Gasteiger partial charge is 1.00 e. The van der Waals surface area contributed by atoms with Crippen LogP contribution >= 0.6 is 0 Å². The second-order valence-corrected chi connectivity index (χ2v) is 17.4. The zero-order valence-corrected chi connectivity index (χ0v) is 20.5. The first-order chi connectivity index (χ1) is 12.4. The summed E-state index contributed by atoms with van der Waals surface area (Å²) in [5.41, 5.74) is 6.29. The molecule has 0 bridgehead atoms. The van der Waals surface area contributed by atoms with Crippen LogP contribution in [0.25, 0.3) is 11.1 Å². The fraction of sp³-hybridized carbons (Fsp3) is 0.292. The molecule has 0 atom stereocenters. The molecule has 138 valence electrons. The van der Waals surface area contributed by atoms with Crippen molar-refractivity contribution < 1.29 is 45.8 Å². The van der Waals surface area contributed by atoms with Gasteiger partial charge in [0.05, 0.1) is 0 Å². The minimum absolute atomic E-state index is 0. The fourth-order valence-corrected chi connectivity index (χ4v) is 18.9. The zero-order chi connectivity index (χ0) is 16.6. The molecule has 0 aromatic heterocycles. The SMILES string of the molecule is C1=CC[C]([Hf+2](=[C]2CCCCC2)[CH]2c3ccccc3-c3ccccc32)=C1.[Cl-].[Cl-]. The van der Waals surface area contributed by atoms with E-state index in [1.807, 2.05) is 6.58 Å². The Labute approximate surface area is 182 Å². The van der Waals surface area contributed by atoms with Crippen molar-refractivity contribution in [1.82, 2.24) is 0 Å². The summed E-state index contributed by atoms with van der Waals surface area (Å²) in [4.78, 5) is 0. The van der Waals surface area contributed by atoms with E-state index < -0.39 is 21.0 Å². The van der Waals surface area contributed by atoms with E-state index in [-0.39, 0.29) is 24.8 Å². The molecule has 2 aromatic carbocycles. The molecule has 27 heavy (non-hydrogen) atoms. The van der Waals surface area contributed by atoms with E-state index in [9.17, 15) is 0 Å². The monoisotopic (exact) mass is 562 g/mol. The Bertz CT molecular complexity index is 870. The predicted octanol–water partition coefficient (Wildman–Crippen LogP) is 0.363. The Kier molecular flexibility index (Phi) is 7.11. The molecule has 0 nitrogen and oxygen atoms in total. The molecule has 0 heterocycles. The molecule has 2 aromatic rings. The van der Waals surface area contributed by atoms with Gasteiger partial charge in [-0.15, -0.1) is 0 Å². The molecule has 0 N–H and O–H groups in total. The normalized spacial score (nSPS) is 17.1. The number of hydrogen-bond acceptors (Lipinski definition) is 0. The first-order valence-electron chi connectivity index (χ1n) is 9.69. The molecule has 0 aliphatic heterocycles. The maximum Gasteiger partial charge on any atom is -1.00 e. The molecule has 5 rings (SSSR count). The molecule has 3 heteroatoms. The molecular weight excluding hydrogens is 538 g/mol. The smallest absolute Gasteiger partial charge is 1.00 e. The molecule has 0 amide bonds. The molecule has 3 aliphatic carbocycles. The van der Waals surface area contributed by atoms with Gasteiger partial charge < -0.3 is 24.8 Å². The van der Waals surface area contributed by atoms with Crippen molar-refractivity contribution in [3.63, 3.8) is 0 Å². The number of hydrogen-bond donors (Lipinski definition) is 0. The maximum absolute atomic E-state index is 2.49. The minimum Gasteiger partial charge on any atom is -1.00 e. The van der Waals surface area contributed by atoms with Crippen LogP contribution in [0.1, 0.15) is 53.3 Å². The average Bonchev–Trinajstić information content (AvgIpc) is 3.31. The quantitative estimate of drug-likeness (QED) is 0.465. The topological polar surface area (TPSA) is 0 Å². The molecule has 1 fully saturated rings. The first kappa shape index (κ1) is 21.0. The van der Waals surface area contributed by atoms with Gasteiger partial charge in [0.15, 0.2) is 0 Å². The summed E-state index contributed by atoms with van der Waals surface area (Å²) in [6.07, 6.45) is 15.6. The Balaban J connectivity index is 0.00000105. The van der Waals surface area contributed by atoms with Crippen molar-refractivity contribution in [2.75, 3.05) is 0 Å².